The van der Waals surface area contributed by atoms with Gasteiger partial charge in [0.25, 0.3) is 5.91 Å². The fourth-order valence-electron chi connectivity index (χ4n) is 3.00. The van der Waals surface area contributed by atoms with Crippen molar-refractivity contribution < 1.29 is 23.8 Å². The molecule has 2 aliphatic heterocycles. The van der Waals surface area contributed by atoms with Gasteiger partial charge in [-0.05, 0) is 18.2 Å². The molecule has 23 heavy (non-hydrogen) atoms. The number of aliphatic hydroxyl groups is 1. The number of carbonyl (C=O) groups is 2. The molecule has 124 valence electrons. The number of methoxy groups -OCH3 is 1. The number of anilines is 1. The van der Waals surface area contributed by atoms with Crippen molar-refractivity contribution in [3.63, 3.8) is 0 Å². The van der Waals surface area contributed by atoms with Crippen molar-refractivity contribution in [1.29, 1.82) is 0 Å². The number of benzene rings is 1. The van der Waals surface area contributed by atoms with Crippen LogP contribution in [-0.2, 0) is 19.9 Å². The summed E-state index contributed by atoms with van der Waals surface area (Å²) in [6.07, 6.45) is -0.374. The van der Waals surface area contributed by atoms with Crippen molar-refractivity contribution in [2.75, 3.05) is 32.2 Å². The van der Waals surface area contributed by atoms with Crippen molar-refractivity contribution in [1.82, 2.24) is 4.90 Å². The minimum Gasteiger partial charge on any atom is -0.375 e. The smallest absolute Gasteiger partial charge is 0.260 e. The molecule has 1 atom stereocenters. The molecule has 1 saturated heterocycles. The van der Waals surface area contributed by atoms with E-state index in [2.05, 4.69) is 21.2 Å². The number of halogens is 2. The Bertz CT molecular complexity index is 671. The zero-order valence-electron chi connectivity index (χ0n) is 12.4. The van der Waals surface area contributed by atoms with Crippen LogP contribution in [0.4, 0.5) is 10.1 Å². The van der Waals surface area contributed by atoms with E-state index < -0.39 is 29.7 Å². The summed E-state index contributed by atoms with van der Waals surface area (Å²) in [5, 5.41) is 13.6. The standard InChI is InChI=1S/C15H16BrFN2O4/c1-23-14(6-17)7-19(8-14)13(21)15(22)5-12(20)18-11-3-2-9(16)4-10(11)15/h2-4,22H,5-8H2,1H3,(H,18,20). The van der Waals surface area contributed by atoms with Crippen LogP contribution in [0, 0.1) is 0 Å². The Labute approximate surface area is 140 Å². The van der Waals surface area contributed by atoms with Crippen molar-refractivity contribution >= 4 is 33.4 Å². The van der Waals surface area contributed by atoms with Crippen LogP contribution in [0.5, 0.6) is 0 Å². The molecule has 8 heteroatoms. The zero-order chi connectivity index (χ0) is 16.8. The number of nitrogens with one attached hydrogen (secondary N) is 1. The van der Waals surface area contributed by atoms with Gasteiger partial charge in [-0.25, -0.2) is 4.39 Å². The van der Waals surface area contributed by atoms with Crippen LogP contribution in [0.3, 0.4) is 0 Å². The quantitative estimate of drug-likeness (QED) is 0.817. The maximum atomic E-state index is 13.0. The van der Waals surface area contributed by atoms with Gasteiger partial charge in [-0.15, -0.1) is 0 Å². The van der Waals surface area contributed by atoms with E-state index in [4.69, 9.17) is 4.74 Å². The fraction of sp³-hybridized carbons (Fsp3) is 0.467. The molecular weight excluding hydrogens is 371 g/mol. The zero-order valence-corrected chi connectivity index (χ0v) is 14.0. The van der Waals surface area contributed by atoms with Gasteiger partial charge >= 0.3 is 0 Å². The minimum absolute atomic E-state index is 0.0477. The number of rotatable bonds is 3. The van der Waals surface area contributed by atoms with Crippen LogP contribution in [-0.4, -0.2) is 54.3 Å². The van der Waals surface area contributed by atoms with E-state index in [-0.39, 0.29) is 19.5 Å². The average molecular weight is 387 g/mol. The molecule has 1 aromatic rings. The summed E-state index contributed by atoms with van der Waals surface area (Å²) in [6.45, 7) is -0.619. The van der Waals surface area contributed by atoms with Gasteiger partial charge in [0.2, 0.25) is 5.91 Å². The first kappa shape index (κ1) is 16.4. The highest BCUT2D eigenvalue weighted by Gasteiger charge is 2.54. The summed E-state index contributed by atoms with van der Waals surface area (Å²) in [7, 11) is 1.39. The number of amides is 2. The molecule has 2 N–H and O–H groups in total. The van der Waals surface area contributed by atoms with Gasteiger partial charge in [0.1, 0.15) is 12.3 Å². The van der Waals surface area contributed by atoms with Gasteiger partial charge in [-0.3, -0.25) is 9.59 Å². The Hall–Kier alpha value is -1.51. The van der Waals surface area contributed by atoms with Crippen molar-refractivity contribution in [3.05, 3.63) is 28.2 Å². The topological polar surface area (TPSA) is 78.9 Å². The molecule has 0 aromatic heterocycles. The van der Waals surface area contributed by atoms with Crippen molar-refractivity contribution in [2.24, 2.45) is 0 Å². The molecule has 2 heterocycles. The number of nitrogens with zero attached hydrogens (tertiary/aromatic N) is 1. The number of likely N-dealkylation sites (tertiary alicyclic amines) is 1. The highest BCUT2D eigenvalue weighted by Crippen LogP contribution is 2.40. The first-order valence-corrected chi connectivity index (χ1v) is 7.86. The van der Waals surface area contributed by atoms with Gasteiger partial charge in [-0.2, -0.15) is 0 Å². The van der Waals surface area contributed by atoms with Crippen LogP contribution in [0.15, 0.2) is 22.7 Å². The number of hydrogen-bond acceptors (Lipinski definition) is 4. The van der Waals surface area contributed by atoms with Crippen LogP contribution >= 0.6 is 15.9 Å². The molecule has 1 unspecified atom stereocenters. The number of alkyl halides is 1. The Kier molecular flexibility index (Phi) is 3.94. The average Bonchev–Trinajstić information content (AvgIpc) is 2.48. The second-order valence-electron chi connectivity index (χ2n) is 5.96. The lowest BCUT2D eigenvalue weighted by Crippen LogP contribution is -2.68. The minimum atomic E-state index is -1.96. The van der Waals surface area contributed by atoms with Crippen LogP contribution in [0.1, 0.15) is 12.0 Å². The highest BCUT2D eigenvalue weighted by molar-refractivity contribution is 9.10. The largest absolute Gasteiger partial charge is 0.375 e. The molecule has 0 bridgehead atoms. The molecule has 0 radical (unpaired) electrons. The summed E-state index contributed by atoms with van der Waals surface area (Å²) in [5.74, 6) is -1.06. The van der Waals surface area contributed by atoms with E-state index in [1.165, 1.54) is 12.0 Å². The summed E-state index contributed by atoms with van der Waals surface area (Å²) in [5.41, 5.74) is -2.25. The fourth-order valence-corrected chi connectivity index (χ4v) is 3.36. The lowest BCUT2D eigenvalue weighted by atomic mass is 9.82. The highest BCUT2D eigenvalue weighted by atomic mass is 79.9. The number of carbonyl (C=O) groups excluding carboxylic acids is 2. The van der Waals surface area contributed by atoms with E-state index in [9.17, 15) is 19.1 Å². The molecule has 0 saturated carbocycles. The lowest BCUT2D eigenvalue weighted by molar-refractivity contribution is -0.184. The molecule has 2 aliphatic rings. The molecule has 3 rings (SSSR count). The second kappa shape index (κ2) is 5.54. The number of fused-ring (bicyclic) bond motifs is 1. The summed E-state index contributed by atoms with van der Waals surface area (Å²) in [4.78, 5) is 25.9. The first-order chi connectivity index (χ1) is 10.8. The Balaban J connectivity index is 1.92. The monoisotopic (exact) mass is 386 g/mol. The molecule has 2 amide bonds. The summed E-state index contributed by atoms with van der Waals surface area (Å²) < 4.78 is 18.8. The van der Waals surface area contributed by atoms with E-state index in [1.54, 1.807) is 18.2 Å². The molecular formula is C15H16BrFN2O4. The maximum Gasteiger partial charge on any atom is 0.260 e. The van der Waals surface area contributed by atoms with Gasteiger partial charge < -0.3 is 20.1 Å². The van der Waals surface area contributed by atoms with Gasteiger partial charge in [-0.1, -0.05) is 15.9 Å². The van der Waals surface area contributed by atoms with Gasteiger partial charge in [0, 0.05) is 22.8 Å². The van der Waals surface area contributed by atoms with Crippen LogP contribution < -0.4 is 5.32 Å². The van der Waals surface area contributed by atoms with Gasteiger partial charge in [0.15, 0.2) is 5.60 Å². The van der Waals surface area contributed by atoms with E-state index >= 15 is 0 Å². The second-order valence-corrected chi connectivity index (χ2v) is 6.87. The van der Waals surface area contributed by atoms with E-state index in [0.717, 1.165) is 0 Å². The normalized spacial score (nSPS) is 25.4. The van der Waals surface area contributed by atoms with Crippen LogP contribution in [0.2, 0.25) is 0 Å². The van der Waals surface area contributed by atoms with Crippen molar-refractivity contribution in [2.45, 2.75) is 17.6 Å². The molecule has 6 nitrogen and oxygen atoms in total. The third-order valence-electron chi connectivity index (χ3n) is 4.39. The van der Waals surface area contributed by atoms with Gasteiger partial charge in [0.05, 0.1) is 19.5 Å². The molecule has 1 fully saturated rings. The SMILES string of the molecule is COC1(CF)CN(C(=O)C2(O)CC(=O)Nc3ccc(Br)cc32)C1. The maximum absolute atomic E-state index is 13.0. The summed E-state index contributed by atoms with van der Waals surface area (Å²) in [6, 6.07) is 4.93. The molecule has 1 aromatic carbocycles. The molecule has 0 aliphatic carbocycles. The Morgan fingerprint density at radius 3 is 2.83 bits per heavy atom. The Morgan fingerprint density at radius 1 is 1.52 bits per heavy atom. The van der Waals surface area contributed by atoms with E-state index in [0.29, 0.717) is 15.7 Å². The predicted molar refractivity (Wildman–Crippen MR) is 83.6 cm³/mol. The first-order valence-electron chi connectivity index (χ1n) is 7.06. The van der Waals surface area contributed by atoms with Crippen molar-refractivity contribution in [3.8, 4) is 0 Å². The molecule has 0 spiro atoms. The number of hydrogen-bond donors (Lipinski definition) is 2. The third kappa shape index (κ3) is 2.54. The van der Waals surface area contributed by atoms with Crippen LogP contribution in [0.25, 0.3) is 0 Å². The predicted octanol–water partition coefficient (Wildman–Crippen LogP) is 1.18. The lowest BCUT2D eigenvalue weighted by Gasteiger charge is -2.50. The van der Waals surface area contributed by atoms with E-state index in [1.807, 2.05) is 0 Å². The summed E-state index contributed by atoms with van der Waals surface area (Å²) >= 11 is 3.30. The Morgan fingerprint density at radius 2 is 2.22 bits per heavy atom. The third-order valence-corrected chi connectivity index (χ3v) is 4.89. The number of ether oxygens (including phenoxy) is 1.